The van der Waals surface area contributed by atoms with Crippen LogP contribution in [0.4, 0.5) is 0 Å². The molecule has 184 valence electrons. The molecule has 0 spiro atoms. The van der Waals surface area contributed by atoms with Gasteiger partial charge in [-0.15, -0.1) is 11.3 Å². The minimum absolute atomic E-state index is 0.0260. The number of thiophene rings is 1. The highest BCUT2D eigenvalue weighted by Gasteiger charge is 2.28. The van der Waals surface area contributed by atoms with Gasteiger partial charge in [-0.2, -0.15) is 0 Å². The van der Waals surface area contributed by atoms with E-state index in [2.05, 4.69) is 34.5 Å². The van der Waals surface area contributed by atoms with E-state index in [1.807, 2.05) is 60.7 Å². The van der Waals surface area contributed by atoms with E-state index in [1.54, 1.807) is 0 Å². The van der Waals surface area contributed by atoms with Crippen molar-refractivity contribution in [3.63, 3.8) is 0 Å². The van der Waals surface area contributed by atoms with E-state index >= 15 is 0 Å². The van der Waals surface area contributed by atoms with Crippen molar-refractivity contribution in [1.29, 1.82) is 5.41 Å². The number of fused-ring (bicyclic) bond motifs is 1. The van der Waals surface area contributed by atoms with Crippen molar-refractivity contribution in [3.8, 4) is 5.75 Å². The maximum Gasteiger partial charge on any atom is 0.266 e. The third-order valence-corrected chi connectivity index (χ3v) is 7.69. The lowest BCUT2D eigenvalue weighted by atomic mass is 10.0. The Morgan fingerprint density at radius 2 is 1.72 bits per heavy atom. The number of nitrogens with two attached hydrogens (primary N) is 1. The van der Waals surface area contributed by atoms with Gasteiger partial charge in [0, 0.05) is 41.3 Å². The van der Waals surface area contributed by atoms with Crippen LogP contribution in [0.15, 0.2) is 84.9 Å². The maximum absolute atomic E-state index is 13.5. The Balaban J connectivity index is 1.29. The smallest absolute Gasteiger partial charge is 0.266 e. The Bertz CT molecular complexity index is 1330. The Morgan fingerprint density at radius 1 is 1.03 bits per heavy atom. The molecule has 0 saturated carbocycles. The van der Waals surface area contributed by atoms with Crippen LogP contribution in [0.5, 0.6) is 5.75 Å². The van der Waals surface area contributed by atoms with Crippen LogP contribution >= 0.6 is 11.3 Å². The molecule has 36 heavy (non-hydrogen) atoms. The molecule has 4 aromatic rings. The fourth-order valence-electron chi connectivity index (χ4n) is 4.65. The first-order chi connectivity index (χ1) is 17.6. The summed E-state index contributed by atoms with van der Waals surface area (Å²) in [5.41, 5.74) is 7.82. The molecule has 5 rings (SSSR count). The van der Waals surface area contributed by atoms with Crippen molar-refractivity contribution in [2.45, 2.75) is 31.5 Å². The van der Waals surface area contributed by atoms with E-state index in [4.69, 9.17) is 15.9 Å². The summed E-state index contributed by atoms with van der Waals surface area (Å²) in [6.07, 6.45) is 1.03. The summed E-state index contributed by atoms with van der Waals surface area (Å²) in [6, 6.07) is 27.8. The van der Waals surface area contributed by atoms with Crippen molar-refractivity contribution in [1.82, 2.24) is 10.2 Å². The lowest BCUT2D eigenvalue weighted by Crippen LogP contribution is -2.46. The second kappa shape index (κ2) is 10.9. The zero-order chi connectivity index (χ0) is 24.9. The van der Waals surface area contributed by atoms with Crippen molar-refractivity contribution in [2.75, 3.05) is 13.1 Å². The van der Waals surface area contributed by atoms with Crippen LogP contribution in [0.3, 0.4) is 0 Å². The molecule has 3 aromatic carbocycles. The van der Waals surface area contributed by atoms with Crippen LogP contribution in [-0.4, -0.2) is 35.8 Å². The van der Waals surface area contributed by atoms with Gasteiger partial charge in [-0.1, -0.05) is 66.7 Å². The van der Waals surface area contributed by atoms with Crippen LogP contribution in [0.25, 0.3) is 10.1 Å². The molecule has 2 heterocycles. The number of piperidine rings is 1. The summed E-state index contributed by atoms with van der Waals surface area (Å²) in [4.78, 5) is 16.7. The fraction of sp³-hybridized carbons (Fsp3) is 0.241. The minimum atomic E-state index is -0.778. The number of rotatable bonds is 8. The minimum Gasteiger partial charge on any atom is -0.475 e. The van der Waals surface area contributed by atoms with Crippen LogP contribution in [0.1, 0.15) is 34.9 Å². The number of amides is 1. The Morgan fingerprint density at radius 3 is 2.42 bits per heavy atom. The van der Waals surface area contributed by atoms with Gasteiger partial charge in [-0.25, -0.2) is 0 Å². The Hall–Kier alpha value is -3.68. The highest BCUT2D eigenvalue weighted by Crippen LogP contribution is 2.35. The number of benzene rings is 3. The maximum atomic E-state index is 13.5. The summed E-state index contributed by atoms with van der Waals surface area (Å²) < 4.78 is 7.35. The number of hydrogen-bond acceptors (Lipinski definition) is 5. The highest BCUT2D eigenvalue weighted by atomic mass is 32.1. The van der Waals surface area contributed by atoms with E-state index in [0.717, 1.165) is 48.1 Å². The zero-order valence-corrected chi connectivity index (χ0v) is 20.8. The summed E-state index contributed by atoms with van der Waals surface area (Å²) in [5.74, 6) is 0.498. The second-order valence-corrected chi connectivity index (χ2v) is 10.2. The summed E-state index contributed by atoms with van der Waals surface area (Å²) in [7, 11) is 0. The van der Waals surface area contributed by atoms with E-state index in [0.29, 0.717) is 10.6 Å². The van der Waals surface area contributed by atoms with Crippen LogP contribution < -0.4 is 15.8 Å². The van der Waals surface area contributed by atoms with E-state index in [9.17, 15) is 4.79 Å². The number of ether oxygens (including phenoxy) is 1. The predicted octanol–water partition coefficient (Wildman–Crippen LogP) is 5.09. The van der Waals surface area contributed by atoms with Crippen molar-refractivity contribution in [2.24, 2.45) is 5.73 Å². The number of likely N-dealkylation sites (tertiary alicyclic amines) is 1. The number of carbonyl (C=O) groups is 1. The molecule has 1 aliphatic heterocycles. The molecule has 0 radical (unpaired) electrons. The standard InChI is InChI=1S/C29H30N4O2S/c30-28(31)26-18-23-24(12-7-13-25(23)36-26)35-27(21-10-5-2-6-11-21)29(34)32-22-14-16-33(17-15-22)19-20-8-3-1-4-9-20/h1-13,18,22,27H,14-17,19H2,(H3,30,31)(H,32,34). The van der Waals surface area contributed by atoms with E-state index in [-0.39, 0.29) is 17.8 Å². The molecular formula is C29H30N4O2S. The van der Waals surface area contributed by atoms with Gasteiger partial charge in [0.05, 0.1) is 4.88 Å². The molecule has 1 aliphatic rings. The predicted molar refractivity (Wildman–Crippen MR) is 146 cm³/mol. The van der Waals surface area contributed by atoms with Gasteiger partial charge in [0.15, 0.2) is 0 Å². The third-order valence-electron chi connectivity index (χ3n) is 6.56. The van der Waals surface area contributed by atoms with Gasteiger partial charge < -0.3 is 15.8 Å². The summed E-state index contributed by atoms with van der Waals surface area (Å²) in [6.45, 7) is 2.82. The lowest BCUT2D eigenvalue weighted by molar-refractivity contribution is -0.129. The molecule has 1 fully saturated rings. The third kappa shape index (κ3) is 5.58. The first-order valence-electron chi connectivity index (χ1n) is 12.2. The lowest BCUT2D eigenvalue weighted by Gasteiger charge is -2.33. The Kier molecular flexibility index (Phi) is 7.30. The normalized spacial score (nSPS) is 15.4. The SMILES string of the molecule is N=C(N)c1cc2c(OC(C(=O)NC3CCN(Cc4ccccc4)CC3)c3ccccc3)cccc2s1. The molecule has 1 atom stereocenters. The number of carbonyl (C=O) groups excluding carboxylic acids is 1. The number of nitrogens with zero attached hydrogens (tertiary/aromatic N) is 1. The monoisotopic (exact) mass is 498 g/mol. The van der Waals surface area contributed by atoms with Gasteiger partial charge in [0.1, 0.15) is 11.6 Å². The first kappa shape index (κ1) is 24.0. The molecule has 1 unspecified atom stereocenters. The highest BCUT2D eigenvalue weighted by molar-refractivity contribution is 7.20. The van der Waals surface area contributed by atoms with Gasteiger partial charge in [-0.3, -0.25) is 15.1 Å². The second-order valence-electron chi connectivity index (χ2n) is 9.15. The largest absolute Gasteiger partial charge is 0.475 e. The average Bonchev–Trinajstić information content (AvgIpc) is 3.35. The molecule has 1 aromatic heterocycles. The number of hydrogen-bond donors (Lipinski definition) is 3. The molecule has 4 N–H and O–H groups in total. The molecule has 1 amide bonds. The molecule has 1 saturated heterocycles. The van der Waals surface area contributed by atoms with Crippen LogP contribution in [0, 0.1) is 5.41 Å². The molecule has 7 heteroatoms. The number of nitrogen functional groups attached to an aromatic ring is 1. The van der Waals surface area contributed by atoms with Gasteiger partial charge in [-0.05, 0) is 36.6 Å². The van der Waals surface area contributed by atoms with E-state index in [1.165, 1.54) is 16.9 Å². The van der Waals surface area contributed by atoms with Crippen molar-refractivity contribution in [3.05, 3.63) is 101 Å². The summed E-state index contributed by atoms with van der Waals surface area (Å²) in [5, 5.41) is 11.9. The fourth-order valence-corrected chi connectivity index (χ4v) is 5.59. The van der Waals surface area contributed by atoms with Crippen molar-refractivity contribution >= 4 is 33.2 Å². The zero-order valence-electron chi connectivity index (χ0n) is 20.0. The van der Waals surface area contributed by atoms with Crippen LogP contribution in [0.2, 0.25) is 0 Å². The molecule has 0 bridgehead atoms. The topological polar surface area (TPSA) is 91.4 Å². The molecule has 0 aliphatic carbocycles. The number of amidine groups is 1. The van der Waals surface area contributed by atoms with Crippen LogP contribution in [-0.2, 0) is 11.3 Å². The molecular weight excluding hydrogens is 468 g/mol. The van der Waals surface area contributed by atoms with Gasteiger partial charge in [0.25, 0.3) is 5.91 Å². The van der Waals surface area contributed by atoms with E-state index < -0.39 is 6.10 Å². The van der Waals surface area contributed by atoms with Gasteiger partial charge >= 0.3 is 0 Å². The molecule has 6 nitrogen and oxygen atoms in total. The first-order valence-corrected chi connectivity index (χ1v) is 13.0. The summed E-state index contributed by atoms with van der Waals surface area (Å²) >= 11 is 1.45. The average molecular weight is 499 g/mol. The Labute approximate surface area is 215 Å². The van der Waals surface area contributed by atoms with Crippen molar-refractivity contribution < 1.29 is 9.53 Å². The quantitative estimate of drug-likeness (QED) is 0.233. The number of nitrogens with one attached hydrogen (secondary N) is 2. The van der Waals surface area contributed by atoms with Gasteiger partial charge in [0.2, 0.25) is 6.10 Å².